The van der Waals surface area contributed by atoms with Crippen molar-refractivity contribution in [2.24, 2.45) is 4.99 Å². The normalized spacial score (nSPS) is 27.0. The predicted octanol–water partition coefficient (Wildman–Crippen LogP) is 2.91. The van der Waals surface area contributed by atoms with Gasteiger partial charge in [0.2, 0.25) is 0 Å². The summed E-state index contributed by atoms with van der Waals surface area (Å²) >= 11 is 4.20. The van der Waals surface area contributed by atoms with Crippen LogP contribution < -0.4 is 0 Å². The third-order valence-corrected chi connectivity index (χ3v) is 1.88. The smallest absolute Gasteiger partial charge is 0.211 e. The number of nitrogens with zero attached hydrogens (tertiary/aromatic N) is 1. The van der Waals surface area contributed by atoms with Crippen LogP contribution in [0.3, 0.4) is 0 Å². The van der Waals surface area contributed by atoms with Crippen molar-refractivity contribution in [2.75, 3.05) is 0 Å². The number of allylic oxidation sites excluding steroid dienone is 2. The fourth-order valence-corrected chi connectivity index (χ4v) is 1.21. The summed E-state index contributed by atoms with van der Waals surface area (Å²) in [6.07, 6.45) is 0.628. The van der Waals surface area contributed by atoms with Crippen molar-refractivity contribution in [3.8, 4) is 0 Å². The van der Waals surface area contributed by atoms with Crippen LogP contribution in [0.4, 0.5) is 13.2 Å². The molecule has 0 aromatic heterocycles. The SMILES string of the molecule is FC(F)(F)C1(N=C=S)C=CC=CC1. The quantitative estimate of drug-likeness (QED) is 0.473. The van der Waals surface area contributed by atoms with E-state index in [9.17, 15) is 13.2 Å². The molecule has 1 rings (SSSR count). The molecule has 70 valence electrons. The summed E-state index contributed by atoms with van der Waals surface area (Å²) in [6, 6.07) is 0. The first-order chi connectivity index (χ1) is 6.02. The topological polar surface area (TPSA) is 12.4 Å². The van der Waals surface area contributed by atoms with Gasteiger partial charge in [0, 0.05) is 6.42 Å². The highest BCUT2D eigenvalue weighted by Gasteiger charge is 2.53. The highest BCUT2D eigenvalue weighted by atomic mass is 32.1. The summed E-state index contributed by atoms with van der Waals surface area (Å²) in [5.74, 6) is 0. The molecule has 13 heavy (non-hydrogen) atoms. The van der Waals surface area contributed by atoms with Crippen LogP contribution in [0, 0.1) is 0 Å². The Balaban J connectivity index is 3.09. The molecule has 0 saturated carbocycles. The van der Waals surface area contributed by atoms with E-state index in [2.05, 4.69) is 17.2 Å². The number of hydrogen-bond donors (Lipinski definition) is 0. The van der Waals surface area contributed by atoms with E-state index < -0.39 is 11.7 Å². The Morgan fingerprint density at radius 1 is 1.38 bits per heavy atom. The molecule has 0 aromatic rings. The van der Waals surface area contributed by atoms with Crippen LogP contribution in [-0.4, -0.2) is 16.9 Å². The molecule has 0 saturated heterocycles. The number of halogens is 3. The second-order valence-electron chi connectivity index (χ2n) is 2.62. The molecule has 0 aromatic carbocycles. The minimum absolute atomic E-state index is 0.212. The zero-order chi connectivity index (χ0) is 9.95. The van der Waals surface area contributed by atoms with E-state index in [4.69, 9.17) is 0 Å². The molecular weight excluding hydrogens is 199 g/mol. The predicted molar refractivity (Wildman–Crippen MR) is 46.7 cm³/mol. The van der Waals surface area contributed by atoms with Gasteiger partial charge < -0.3 is 0 Å². The van der Waals surface area contributed by atoms with Gasteiger partial charge >= 0.3 is 6.18 Å². The number of hydrogen-bond acceptors (Lipinski definition) is 2. The van der Waals surface area contributed by atoms with E-state index in [0.717, 1.165) is 6.08 Å². The third kappa shape index (κ3) is 1.87. The lowest BCUT2D eigenvalue weighted by molar-refractivity contribution is -0.169. The minimum Gasteiger partial charge on any atom is -0.211 e. The Morgan fingerprint density at radius 3 is 2.46 bits per heavy atom. The maximum atomic E-state index is 12.5. The summed E-state index contributed by atoms with van der Waals surface area (Å²) in [6.45, 7) is 0. The van der Waals surface area contributed by atoms with Crippen molar-refractivity contribution >= 4 is 17.4 Å². The summed E-state index contributed by atoms with van der Waals surface area (Å²) in [7, 11) is 0. The zero-order valence-electron chi connectivity index (χ0n) is 6.51. The number of aliphatic imine (C=N–C) groups is 1. The van der Waals surface area contributed by atoms with E-state index in [1.807, 2.05) is 0 Å². The Hall–Kier alpha value is -0.930. The number of alkyl halides is 3. The largest absolute Gasteiger partial charge is 0.418 e. The average molecular weight is 205 g/mol. The molecule has 0 amide bonds. The van der Waals surface area contributed by atoms with Crippen molar-refractivity contribution in [2.45, 2.75) is 18.1 Å². The van der Waals surface area contributed by atoms with Crippen molar-refractivity contribution in [3.05, 3.63) is 24.3 Å². The standard InChI is InChI=1S/C8H6F3NS/c9-8(10,11)7(12-6-13)4-2-1-3-5-7/h1-4H,5H2. The molecule has 1 unspecified atom stereocenters. The Kier molecular flexibility index (Phi) is 2.68. The van der Waals surface area contributed by atoms with Crippen LogP contribution in [0.5, 0.6) is 0 Å². The summed E-state index contributed by atoms with van der Waals surface area (Å²) in [5, 5.41) is 1.79. The molecule has 0 radical (unpaired) electrons. The fraction of sp³-hybridized carbons (Fsp3) is 0.375. The van der Waals surface area contributed by atoms with Crippen molar-refractivity contribution < 1.29 is 13.2 Å². The van der Waals surface area contributed by atoms with Gasteiger partial charge in [0.25, 0.3) is 0 Å². The second-order valence-corrected chi connectivity index (χ2v) is 2.80. The van der Waals surface area contributed by atoms with Gasteiger partial charge in [-0.2, -0.15) is 13.2 Å². The number of thiocarbonyl (C=S) groups is 1. The van der Waals surface area contributed by atoms with Gasteiger partial charge in [-0.3, -0.25) is 0 Å². The second kappa shape index (κ2) is 3.44. The lowest BCUT2D eigenvalue weighted by Crippen LogP contribution is -2.41. The minimum atomic E-state index is -4.42. The van der Waals surface area contributed by atoms with E-state index >= 15 is 0 Å². The first kappa shape index (κ1) is 10.2. The molecule has 0 bridgehead atoms. The molecule has 1 aliphatic rings. The summed E-state index contributed by atoms with van der Waals surface area (Å²) in [5.41, 5.74) is -2.19. The maximum absolute atomic E-state index is 12.5. The molecule has 0 spiro atoms. The van der Waals surface area contributed by atoms with Crippen LogP contribution in [0.2, 0.25) is 0 Å². The van der Waals surface area contributed by atoms with E-state index in [0.29, 0.717) is 0 Å². The van der Waals surface area contributed by atoms with Gasteiger partial charge in [-0.05, 0) is 18.3 Å². The third-order valence-electron chi connectivity index (χ3n) is 1.78. The number of rotatable bonds is 1. The van der Waals surface area contributed by atoms with Crippen molar-refractivity contribution in [1.82, 2.24) is 0 Å². The lowest BCUT2D eigenvalue weighted by atomic mass is 9.91. The summed E-state index contributed by atoms with van der Waals surface area (Å²) < 4.78 is 37.6. The molecule has 5 heteroatoms. The van der Waals surface area contributed by atoms with Gasteiger partial charge in [0.05, 0.1) is 5.16 Å². The average Bonchev–Trinajstić information content (AvgIpc) is 2.04. The van der Waals surface area contributed by atoms with Crippen LogP contribution in [0.15, 0.2) is 29.3 Å². The highest BCUT2D eigenvalue weighted by Crippen LogP contribution is 2.39. The molecule has 0 fully saturated rings. The molecule has 0 heterocycles. The van der Waals surface area contributed by atoms with Gasteiger partial charge in [-0.15, -0.1) is 0 Å². The molecule has 1 aliphatic carbocycles. The Morgan fingerprint density at radius 2 is 2.08 bits per heavy atom. The first-order valence-corrected chi connectivity index (χ1v) is 3.93. The van der Waals surface area contributed by atoms with Crippen LogP contribution in [-0.2, 0) is 0 Å². The van der Waals surface area contributed by atoms with E-state index in [1.54, 1.807) is 11.2 Å². The highest BCUT2D eigenvalue weighted by molar-refractivity contribution is 7.78. The van der Waals surface area contributed by atoms with Gasteiger partial charge in [0.15, 0.2) is 5.54 Å². The maximum Gasteiger partial charge on any atom is 0.418 e. The zero-order valence-corrected chi connectivity index (χ0v) is 7.32. The van der Waals surface area contributed by atoms with Crippen LogP contribution >= 0.6 is 12.2 Å². The number of isothiocyanates is 1. The van der Waals surface area contributed by atoms with E-state index in [-0.39, 0.29) is 6.42 Å². The van der Waals surface area contributed by atoms with Gasteiger partial charge in [-0.25, -0.2) is 4.99 Å². The monoisotopic (exact) mass is 205 g/mol. The summed E-state index contributed by atoms with van der Waals surface area (Å²) in [4.78, 5) is 3.19. The molecule has 1 atom stereocenters. The molecular formula is C8H6F3NS. The van der Waals surface area contributed by atoms with Crippen LogP contribution in [0.1, 0.15) is 6.42 Å². The van der Waals surface area contributed by atoms with Crippen LogP contribution in [0.25, 0.3) is 0 Å². The van der Waals surface area contributed by atoms with Gasteiger partial charge in [0.1, 0.15) is 0 Å². The lowest BCUT2D eigenvalue weighted by Gasteiger charge is -2.27. The van der Waals surface area contributed by atoms with Crippen molar-refractivity contribution in [3.63, 3.8) is 0 Å². The van der Waals surface area contributed by atoms with Gasteiger partial charge in [-0.1, -0.05) is 18.2 Å². The van der Waals surface area contributed by atoms with E-state index in [1.165, 1.54) is 12.2 Å². The van der Waals surface area contributed by atoms with Crippen molar-refractivity contribution in [1.29, 1.82) is 0 Å². The first-order valence-electron chi connectivity index (χ1n) is 3.52. The Labute approximate surface area is 78.7 Å². The molecule has 0 N–H and O–H groups in total. The molecule has 1 nitrogen and oxygen atoms in total. The Bertz CT molecular complexity index is 299. The fourth-order valence-electron chi connectivity index (χ4n) is 1.05. The molecule has 0 aliphatic heterocycles.